The predicted octanol–water partition coefficient (Wildman–Crippen LogP) is 4.56. The predicted molar refractivity (Wildman–Crippen MR) is 120 cm³/mol. The van der Waals surface area contributed by atoms with Crippen LogP contribution in [0.15, 0.2) is 48.5 Å². The molecule has 0 heterocycles. The van der Waals surface area contributed by atoms with Gasteiger partial charge in [-0.25, -0.2) is 4.79 Å². The number of anilines is 2. The molecule has 28 heavy (non-hydrogen) atoms. The topological polar surface area (TPSA) is 53.6 Å². The third-order valence-electron chi connectivity index (χ3n) is 4.53. The Bertz CT molecular complexity index is 756. The third-order valence-corrected chi connectivity index (χ3v) is 4.74. The number of aryl methyl sites for hydroxylation is 1. The normalized spacial score (nSPS) is 10.6. The van der Waals surface area contributed by atoms with E-state index < -0.39 is 0 Å². The van der Waals surface area contributed by atoms with Crippen molar-refractivity contribution in [1.82, 2.24) is 4.90 Å². The van der Waals surface area contributed by atoms with Crippen molar-refractivity contribution >= 4 is 34.7 Å². The van der Waals surface area contributed by atoms with Gasteiger partial charge in [0, 0.05) is 17.9 Å². The van der Waals surface area contributed by atoms with Crippen LogP contribution in [0.3, 0.4) is 0 Å². The van der Waals surface area contributed by atoms with Gasteiger partial charge in [0.25, 0.3) is 0 Å². The van der Waals surface area contributed by atoms with Crippen molar-refractivity contribution in [2.24, 2.45) is 0 Å². The van der Waals surface area contributed by atoms with Gasteiger partial charge in [0.05, 0.1) is 5.56 Å². The zero-order valence-electron chi connectivity index (χ0n) is 16.8. The molecule has 0 saturated carbocycles. The number of rotatable bonds is 9. The summed E-state index contributed by atoms with van der Waals surface area (Å²) in [5, 5.41) is 6.77. The quantitative estimate of drug-likeness (QED) is 0.476. The zero-order valence-corrected chi connectivity index (χ0v) is 17.6. The van der Waals surface area contributed by atoms with Crippen LogP contribution in [-0.2, 0) is 11.2 Å². The molecule has 0 bridgehead atoms. The van der Waals surface area contributed by atoms with Crippen LogP contribution in [0.2, 0.25) is 0 Å². The second-order valence-corrected chi connectivity index (χ2v) is 6.78. The lowest BCUT2D eigenvalue weighted by Crippen LogP contribution is -2.27. The van der Waals surface area contributed by atoms with E-state index in [9.17, 15) is 4.79 Å². The third kappa shape index (κ3) is 6.94. The molecule has 2 rings (SSSR count). The molecule has 0 amide bonds. The fourth-order valence-electron chi connectivity index (χ4n) is 2.70. The Morgan fingerprint density at radius 3 is 1.96 bits per heavy atom. The minimum absolute atomic E-state index is 0.310. The SMILES string of the molecule is CCc1ccc(NC(=S)Nc2ccc(C(=O)OCCN(CC)CC)cc2)cc1. The maximum absolute atomic E-state index is 12.1. The molecule has 2 aromatic rings. The standard InChI is InChI=1S/C22H29N3O2S/c1-4-17-7-11-19(12-8-17)23-22(28)24-20-13-9-18(10-14-20)21(26)27-16-15-25(5-2)6-3/h7-14H,4-6,15-16H2,1-3H3,(H2,23,24,28). The summed E-state index contributed by atoms with van der Waals surface area (Å²) in [6, 6.07) is 15.3. The highest BCUT2D eigenvalue weighted by Gasteiger charge is 2.08. The second-order valence-electron chi connectivity index (χ2n) is 6.37. The number of carbonyl (C=O) groups excluding carboxylic acids is 1. The smallest absolute Gasteiger partial charge is 0.338 e. The molecule has 0 aliphatic carbocycles. The first-order chi connectivity index (χ1) is 13.5. The lowest BCUT2D eigenvalue weighted by molar-refractivity contribution is 0.0466. The fourth-order valence-corrected chi connectivity index (χ4v) is 2.93. The summed E-state index contributed by atoms with van der Waals surface area (Å²) in [5.41, 5.74) is 3.55. The van der Waals surface area contributed by atoms with Gasteiger partial charge in [0.2, 0.25) is 0 Å². The highest BCUT2D eigenvalue weighted by Crippen LogP contribution is 2.13. The molecular formula is C22H29N3O2S. The number of ether oxygens (including phenoxy) is 1. The van der Waals surface area contributed by atoms with Crippen LogP contribution in [0.25, 0.3) is 0 Å². The van der Waals surface area contributed by atoms with Gasteiger partial charge in [-0.15, -0.1) is 0 Å². The van der Waals surface area contributed by atoms with Crippen molar-refractivity contribution in [3.63, 3.8) is 0 Å². The van der Waals surface area contributed by atoms with Crippen molar-refractivity contribution < 1.29 is 9.53 Å². The molecule has 150 valence electrons. The summed E-state index contributed by atoms with van der Waals surface area (Å²) in [7, 11) is 0. The van der Waals surface area contributed by atoms with E-state index in [0.29, 0.717) is 17.3 Å². The average Bonchev–Trinajstić information content (AvgIpc) is 2.72. The summed E-state index contributed by atoms with van der Waals surface area (Å²) < 4.78 is 5.34. The van der Waals surface area contributed by atoms with Gasteiger partial charge in [-0.3, -0.25) is 0 Å². The first-order valence-electron chi connectivity index (χ1n) is 9.72. The van der Waals surface area contributed by atoms with Crippen LogP contribution in [0.1, 0.15) is 36.7 Å². The van der Waals surface area contributed by atoms with E-state index >= 15 is 0 Å². The van der Waals surface area contributed by atoms with E-state index in [1.54, 1.807) is 12.1 Å². The van der Waals surface area contributed by atoms with Crippen LogP contribution in [0.5, 0.6) is 0 Å². The van der Waals surface area contributed by atoms with E-state index in [0.717, 1.165) is 37.4 Å². The number of nitrogens with zero attached hydrogens (tertiary/aromatic N) is 1. The minimum atomic E-state index is -0.310. The van der Waals surface area contributed by atoms with E-state index in [-0.39, 0.29) is 5.97 Å². The van der Waals surface area contributed by atoms with Gasteiger partial charge in [-0.05, 0) is 73.7 Å². The Morgan fingerprint density at radius 2 is 1.46 bits per heavy atom. The molecule has 0 radical (unpaired) electrons. The first-order valence-corrected chi connectivity index (χ1v) is 10.1. The molecule has 0 spiro atoms. The largest absolute Gasteiger partial charge is 0.461 e. The van der Waals surface area contributed by atoms with Crippen molar-refractivity contribution in [1.29, 1.82) is 0 Å². The molecular weight excluding hydrogens is 370 g/mol. The van der Waals surface area contributed by atoms with Gasteiger partial charge in [-0.2, -0.15) is 0 Å². The highest BCUT2D eigenvalue weighted by atomic mass is 32.1. The van der Waals surface area contributed by atoms with Crippen molar-refractivity contribution in [2.45, 2.75) is 27.2 Å². The molecule has 5 nitrogen and oxygen atoms in total. The van der Waals surface area contributed by atoms with E-state index in [1.807, 2.05) is 24.3 Å². The monoisotopic (exact) mass is 399 g/mol. The van der Waals surface area contributed by atoms with E-state index in [1.165, 1.54) is 5.56 Å². The van der Waals surface area contributed by atoms with Crippen molar-refractivity contribution in [3.05, 3.63) is 59.7 Å². The summed E-state index contributed by atoms with van der Waals surface area (Å²) in [4.78, 5) is 14.3. The molecule has 0 saturated heterocycles. The molecule has 0 aliphatic heterocycles. The number of carbonyl (C=O) groups is 1. The fraction of sp³-hybridized carbons (Fsp3) is 0.364. The lowest BCUT2D eigenvalue weighted by Gasteiger charge is -2.17. The maximum Gasteiger partial charge on any atom is 0.338 e. The summed E-state index contributed by atoms with van der Waals surface area (Å²) in [5.74, 6) is -0.310. The number of esters is 1. The molecule has 0 fully saturated rings. The Hall–Kier alpha value is -2.44. The van der Waals surface area contributed by atoms with E-state index in [4.69, 9.17) is 17.0 Å². The first kappa shape index (κ1) is 21.9. The van der Waals surface area contributed by atoms with Gasteiger partial charge >= 0.3 is 5.97 Å². The number of hydrogen-bond donors (Lipinski definition) is 2. The summed E-state index contributed by atoms with van der Waals surface area (Å²) >= 11 is 5.35. The highest BCUT2D eigenvalue weighted by molar-refractivity contribution is 7.80. The summed E-state index contributed by atoms with van der Waals surface area (Å²) in [6.45, 7) is 9.35. The Labute approximate surface area is 173 Å². The van der Waals surface area contributed by atoms with Crippen molar-refractivity contribution in [3.8, 4) is 0 Å². The molecule has 0 atom stereocenters. The van der Waals surface area contributed by atoms with Gasteiger partial charge in [-0.1, -0.05) is 32.9 Å². The molecule has 2 aromatic carbocycles. The van der Waals surface area contributed by atoms with Gasteiger partial charge < -0.3 is 20.3 Å². The average molecular weight is 400 g/mol. The molecule has 2 N–H and O–H groups in total. The Kier molecular flexibility index (Phi) is 8.91. The maximum atomic E-state index is 12.1. The molecule has 0 unspecified atom stereocenters. The van der Waals surface area contributed by atoms with Crippen LogP contribution < -0.4 is 10.6 Å². The minimum Gasteiger partial charge on any atom is -0.461 e. The lowest BCUT2D eigenvalue weighted by atomic mass is 10.1. The van der Waals surface area contributed by atoms with Gasteiger partial charge in [0.15, 0.2) is 5.11 Å². The summed E-state index contributed by atoms with van der Waals surface area (Å²) in [6.07, 6.45) is 1.01. The molecule has 0 aliphatic rings. The number of hydrogen-bond acceptors (Lipinski definition) is 4. The Balaban J connectivity index is 1.82. The number of likely N-dealkylation sites (N-methyl/N-ethyl adjacent to an activating group) is 1. The zero-order chi connectivity index (χ0) is 20.4. The van der Waals surface area contributed by atoms with E-state index in [2.05, 4.69) is 48.4 Å². The van der Waals surface area contributed by atoms with Crippen LogP contribution in [-0.4, -0.2) is 42.2 Å². The van der Waals surface area contributed by atoms with Crippen molar-refractivity contribution in [2.75, 3.05) is 36.9 Å². The second kappa shape index (κ2) is 11.4. The number of benzene rings is 2. The van der Waals surface area contributed by atoms with Crippen LogP contribution in [0, 0.1) is 0 Å². The number of thiocarbonyl (C=S) groups is 1. The van der Waals surface area contributed by atoms with Crippen LogP contribution in [0.4, 0.5) is 11.4 Å². The molecule has 0 aromatic heterocycles. The van der Waals surface area contributed by atoms with Crippen LogP contribution >= 0.6 is 12.2 Å². The van der Waals surface area contributed by atoms with Gasteiger partial charge in [0.1, 0.15) is 6.61 Å². The molecule has 6 heteroatoms. The number of nitrogens with one attached hydrogen (secondary N) is 2. The Morgan fingerprint density at radius 1 is 0.929 bits per heavy atom.